The van der Waals surface area contributed by atoms with E-state index in [4.69, 9.17) is 0 Å². The maximum atomic E-state index is 10.7. The van der Waals surface area contributed by atoms with E-state index in [1.165, 1.54) is 30.4 Å². The fourth-order valence-electron chi connectivity index (χ4n) is 3.36. The number of hydrogen-bond donors (Lipinski definition) is 2. The van der Waals surface area contributed by atoms with Crippen LogP contribution in [0.3, 0.4) is 0 Å². The molecule has 2 unspecified atom stereocenters. The van der Waals surface area contributed by atoms with Gasteiger partial charge in [-0.25, -0.2) is 0 Å². The fourth-order valence-corrected chi connectivity index (χ4v) is 3.36. The molecule has 0 fully saturated rings. The zero-order valence-electron chi connectivity index (χ0n) is 13.0. The molecule has 0 radical (unpaired) electrons. The maximum absolute atomic E-state index is 10.7. The molecule has 0 aromatic heterocycles. The van der Waals surface area contributed by atoms with Crippen molar-refractivity contribution in [2.45, 2.75) is 63.9 Å². The Morgan fingerprint density at radius 1 is 1.30 bits per heavy atom. The Balaban J connectivity index is 1.92. The fraction of sp³-hybridized carbons (Fsp3) is 0.667. The van der Waals surface area contributed by atoms with Crippen molar-refractivity contribution in [3.8, 4) is 0 Å². The van der Waals surface area contributed by atoms with Crippen LogP contribution in [0.1, 0.15) is 63.0 Å². The van der Waals surface area contributed by atoms with Crippen molar-refractivity contribution in [3.63, 3.8) is 0 Å². The third-order valence-electron chi connectivity index (χ3n) is 4.45. The van der Waals surface area contributed by atoms with Crippen molar-refractivity contribution >= 4 is 0 Å². The quantitative estimate of drug-likeness (QED) is 0.745. The van der Waals surface area contributed by atoms with Crippen LogP contribution in [0.15, 0.2) is 24.3 Å². The lowest BCUT2D eigenvalue weighted by Gasteiger charge is -2.32. The van der Waals surface area contributed by atoms with Crippen molar-refractivity contribution in [3.05, 3.63) is 35.4 Å². The Hall–Kier alpha value is -0.860. The highest BCUT2D eigenvalue weighted by atomic mass is 16.3. The number of benzene rings is 1. The van der Waals surface area contributed by atoms with Gasteiger partial charge in [0.1, 0.15) is 0 Å². The third-order valence-corrected chi connectivity index (χ3v) is 4.45. The largest absolute Gasteiger partial charge is 0.390 e. The molecule has 0 aliphatic heterocycles. The Morgan fingerprint density at radius 2 is 2.10 bits per heavy atom. The molecule has 0 saturated heterocycles. The molecule has 1 aliphatic carbocycles. The van der Waals surface area contributed by atoms with Crippen LogP contribution < -0.4 is 5.32 Å². The molecule has 0 saturated carbocycles. The predicted molar refractivity (Wildman–Crippen MR) is 85.1 cm³/mol. The van der Waals surface area contributed by atoms with Crippen LogP contribution in [-0.4, -0.2) is 23.8 Å². The SMILES string of the molecule is CCCNCCC(C)(O)CC1CCCc2ccccc21. The van der Waals surface area contributed by atoms with E-state index in [0.717, 1.165) is 32.4 Å². The van der Waals surface area contributed by atoms with Gasteiger partial charge >= 0.3 is 0 Å². The van der Waals surface area contributed by atoms with Crippen molar-refractivity contribution in [1.82, 2.24) is 5.32 Å². The molecule has 1 aromatic rings. The summed E-state index contributed by atoms with van der Waals surface area (Å²) in [5.74, 6) is 0.529. The van der Waals surface area contributed by atoms with E-state index >= 15 is 0 Å². The summed E-state index contributed by atoms with van der Waals surface area (Å²) >= 11 is 0. The van der Waals surface area contributed by atoms with Gasteiger partial charge in [0.2, 0.25) is 0 Å². The summed E-state index contributed by atoms with van der Waals surface area (Å²) in [6.07, 6.45) is 6.55. The summed E-state index contributed by atoms with van der Waals surface area (Å²) in [6.45, 7) is 6.12. The predicted octanol–water partition coefficient (Wildman–Crippen LogP) is 3.64. The average molecular weight is 275 g/mol. The van der Waals surface area contributed by atoms with Crippen LogP contribution in [0.25, 0.3) is 0 Å². The van der Waals surface area contributed by atoms with Gasteiger partial charge in [-0.2, -0.15) is 0 Å². The van der Waals surface area contributed by atoms with Crippen molar-refractivity contribution < 1.29 is 5.11 Å². The lowest BCUT2D eigenvalue weighted by molar-refractivity contribution is 0.0333. The lowest BCUT2D eigenvalue weighted by Crippen LogP contribution is -2.32. The molecule has 2 N–H and O–H groups in total. The molecule has 112 valence electrons. The second kappa shape index (κ2) is 7.24. The Morgan fingerprint density at radius 3 is 2.90 bits per heavy atom. The van der Waals surface area contributed by atoms with Crippen LogP contribution in [0.4, 0.5) is 0 Å². The van der Waals surface area contributed by atoms with Crippen molar-refractivity contribution in [1.29, 1.82) is 0 Å². The van der Waals surface area contributed by atoms with Gasteiger partial charge in [-0.1, -0.05) is 31.2 Å². The molecular weight excluding hydrogens is 246 g/mol. The summed E-state index contributed by atoms with van der Waals surface area (Å²) in [7, 11) is 0. The van der Waals surface area contributed by atoms with Crippen LogP contribution in [-0.2, 0) is 6.42 Å². The Bertz CT molecular complexity index is 414. The van der Waals surface area contributed by atoms with Crippen LogP contribution in [0, 0.1) is 0 Å². The summed E-state index contributed by atoms with van der Waals surface area (Å²) in [5.41, 5.74) is 2.40. The smallest absolute Gasteiger partial charge is 0.0637 e. The molecule has 20 heavy (non-hydrogen) atoms. The van der Waals surface area contributed by atoms with Crippen LogP contribution in [0.5, 0.6) is 0 Å². The first-order chi connectivity index (χ1) is 9.62. The highest BCUT2D eigenvalue weighted by Gasteiger charge is 2.28. The van der Waals surface area contributed by atoms with E-state index < -0.39 is 5.60 Å². The van der Waals surface area contributed by atoms with Gasteiger partial charge in [0.05, 0.1) is 5.60 Å². The topological polar surface area (TPSA) is 32.3 Å². The molecule has 0 heterocycles. The Kier molecular flexibility index (Phi) is 5.62. The molecule has 1 aromatic carbocycles. The molecule has 2 nitrogen and oxygen atoms in total. The van der Waals surface area contributed by atoms with Gasteiger partial charge in [0.15, 0.2) is 0 Å². The minimum absolute atomic E-state index is 0.529. The lowest BCUT2D eigenvalue weighted by atomic mass is 9.76. The summed E-state index contributed by atoms with van der Waals surface area (Å²) < 4.78 is 0. The summed E-state index contributed by atoms with van der Waals surface area (Å²) in [5, 5.41) is 14.0. The monoisotopic (exact) mass is 275 g/mol. The summed E-state index contributed by atoms with van der Waals surface area (Å²) in [6, 6.07) is 8.77. The van der Waals surface area contributed by atoms with E-state index in [1.807, 2.05) is 6.92 Å². The first kappa shape index (κ1) is 15.5. The highest BCUT2D eigenvalue weighted by molar-refractivity contribution is 5.32. The maximum Gasteiger partial charge on any atom is 0.0637 e. The minimum atomic E-state index is -0.560. The average Bonchev–Trinajstić information content (AvgIpc) is 2.44. The number of nitrogens with one attached hydrogen (secondary N) is 1. The molecule has 0 amide bonds. The van der Waals surface area contributed by atoms with Crippen LogP contribution in [0.2, 0.25) is 0 Å². The molecule has 2 atom stereocenters. The van der Waals surface area contributed by atoms with Gasteiger partial charge in [0, 0.05) is 0 Å². The zero-order chi connectivity index (χ0) is 14.4. The van der Waals surface area contributed by atoms with Gasteiger partial charge in [-0.05, 0) is 75.6 Å². The third kappa shape index (κ3) is 4.32. The molecule has 0 spiro atoms. The van der Waals surface area contributed by atoms with Crippen molar-refractivity contribution in [2.75, 3.05) is 13.1 Å². The van der Waals surface area contributed by atoms with E-state index in [0.29, 0.717) is 5.92 Å². The first-order valence-corrected chi connectivity index (χ1v) is 8.13. The number of aryl methyl sites for hydroxylation is 1. The first-order valence-electron chi connectivity index (χ1n) is 8.13. The molecule has 1 aliphatic rings. The van der Waals surface area contributed by atoms with Gasteiger partial charge in [-0.3, -0.25) is 0 Å². The summed E-state index contributed by atoms with van der Waals surface area (Å²) in [4.78, 5) is 0. The van der Waals surface area contributed by atoms with Crippen molar-refractivity contribution in [2.24, 2.45) is 0 Å². The standard InChI is InChI=1S/C18H29NO/c1-3-12-19-13-11-18(2,20)14-16-9-6-8-15-7-4-5-10-17(15)16/h4-5,7,10,16,19-20H,3,6,8-9,11-14H2,1-2H3. The minimum Gasteiger partial charge on any atom is -0.390 e. The number of fused-ring (bicyclic) bond motifs is 1. The second-order valence-corrected chi connectivity index (χ2v) is 6.49. The molecule has 0 bridgehead atoms. The van der Waals surface area contributed by atoms with E-state index in [1.54, 1.807) is 0 Å². The molecular formula is C18H29NO. The van der Waals surface area contributed by atoms with E-state index in [-0.39, 0.29) is 0 Å². The highest BCUT2D eigenvalue weighted by Crippen LogP contribution is 2.37. The van der Waals surface area contributed by atoms with E-state index in [9.17, 15) is 5.11 Å². The van der Waals surface area contributed by atoms with E-state index in [2.05, 4.69) is 36.5 Å². The van der Waals surface area contributed by atoms with Gasteiger partial charge in [0.25, 0.3) is 0 Å². The number of aliphatic hydroxyl groups is 1. The molecule has 2 heteroatoms. The zero-order valence-corrected chi connectivity index (χ0v) is 13.0. The van der Waals surface area contributed by atoms with Crippen LogP contribution >= 0.6 is 0 Å². The normalized spacial score (nSPS) is 21.2. The second-order valence-electron chi connectivity index (χ2n) is 6.49. The number of rotatable bonds is 7. The van der Waals surface area contributed by atoms with Gasteiger partial charge < -0.3 is 10.4 Å². The Labute approximate surface area is 123 Å². The molecule has 2 rings (SSSR count). The van der Waals surface area contributed by atoms with Gasteiger partial charge in [-0.15, -0.1) is 0 Å². The number of hydrogen-bond acceptors (Lipinski definition) is 2.